The monoisotopic (exact) mass is 284 g/mol. The molecule has 1 saturated heterocycles. The molecule has 1 N–H and O–H groups in total. The minimum atomic E-state index is -0.399. The lowest BCUT2D eigenvalue weighted by molar-refractivity contribution is -0.122. The molecule has 5 nitrogen and oxygen atoms in total. The fraction of sp³-hybridized carbons (Fsp3) is 0.200. The molecule has 0 radical (unpaired) electrons. The van der Waals surface area contributed by atoms with Crippen molar-refractivity contribution >= 4 is 33.9 Å². The first-order valence-electron chi connectivity index (χ1n) is 4.71. The van der Waals surface area contributed by atoms with Gasteiger partial charge in [0.2, 0.25) is 0 Å². The molecular formula is C10H9BrN2O3. The molecule has 84 valence electrons. The molecule has 1 aliphatic heterocycles. The van der Waals surface area contributed by atoms with E-state index in [2.05, 4.69) is 21.2 Å². The highest BCUT2D eigenvalue weighted by molar-refractivity contribution is 9.10. The van der Waals surface area contributed by atoms with Gasteiger partial charge >= 0.3 is 6.03 Å². The largest absolute Gasteiger partial charge is 0.450 e. The Hall–Kier alpha value is -1.56. The van der Waals surface area contributed by atoms with E-state index in [1.807, 2.05) is 0 Å². The Morgan fingerprint density at radius 1 is 1.50 bits per heavy atom. The van der Waals surface area contributed by atoms with Crippen molar-refractivity contribution in [3.63, 3.8) is 0 Å². The number of furan rings is 1. The summed E-state index contributed by atoms with van der Waals surface area (Å²) in [7, 11) is 0. The van der Waals surface area contributed by atoms with E-state index in [0.29, 0.717) is 17.0 Å². The number of hydrogen-bond donors (Lipinski definition) is 1. The molecule has 1 aromatic heterocycles. The average molecular weight is 285 g/mol. The number of amides is 3. The lowest BCUT2D eigenvalue weighted by Crippen LogP contribution is -2.30. The van der Waals surface area contributed by atoms with E-state index in [-0.39, 0.29) is 11.6 Å². The van der Waals surface area contributed by atoms with Crippen LogP contribution < -0.4 is 5.32 Å². The van der Waals surface area contributed by atoms with Gasteiger partial charge in [0.15, 0.2) is 4.67 Å². The average Bonchev–Trinajstić information content (AvgIpc) is 2.74. The van der Waals surface area contributed by atoms with Gasteiger partial charge < -0.3 is 9.73 Å². The number of nitrogens with zero attached hydrogens (tertiary/aromatic N) is 1. The molecule has 1 aliphatic rings. The van der Waals surface area contributed by atoms with E-state index in [1.165, 1.54) is 6.08 Å². The van der Waals surface area contributed by atoms with Crippen LogP contribution in [0.1, 0.15) is 12.7 Å². The Kier molecular flexibility index (Phi) is 2.82. The lowest BCUT2D eigenvalue weighted by Gasteiger charge is -2.05. The number of imide groups is 1. The highest BCUT2D eigenvalue weighted by Crippen LogP contribution is 2.18. The quantitative estimate of drug-likeness (QED) is 0.667. The van der Waals surface area contributed by atoms with Crippen LogP contribution >= 0.6 is 15.9 Å². The normalized spacial score (nSPS) is 18.4. The third-order valence-electron chi connectivity index (χ3n) is 2.16. The molecule has 1 fully saturated rings. The van der Waals surface area contributed by atoms with Gasteiger partial charge in [0.05, 0.1) is 0 Å². The van der Waals surface area contributed by atoms with Gasteiger partial charge in [-0.1, -0.05) is 0 Å². The summed E-state index contributed by atoms with van der Waals surface area (Å²) in [5.41, 5.74) is 0.230. The third kappa shape index (κ3) is 1.88. The summed E-state index contributed by atoms with van der Waals surface area (Å²) < 4.78 is 5.79. The molecule has 0 aromatic carbocycles. The molecule has 0 bridgehead atoms. The second kappa shape index (κ2) is 4.13. The van der Waals surface area contributed by atoms with Crippen LogP contribution in [0.25, 0.3) is 6.08 Å². The maximum absolute atomic E-state index is 11.7. The highest BCUT2D eigenvalue weighted by atomic mass is 79.9. The van der Waals surface area contributed by atoms with Crippen molar-refractivity contribution in [2.75, 3.05) is 6.54 Å². The molecule has 3 amide bonds. The summed E-state index contributed by atoms with van der Waals surface area (Å²) in [4.78, 5) is 24.1. The second-order valence-corrected chi connectivity index (χ2v) is 3.96. The standard InChI is InChI=1S/C10H9BrN2O3/c1-2-13-9(14)7(12-10(13)15)5-6-3-4-8(11)16-6/h3-5H,2H2,1H3,(H,12,15)/b7-5+. The molecule has 2 rings (SSSR count). The molecule has 6 heteroatoms. The Morgan fingerprint density at radius 3 is 2.75 bits per heavy atom. The first kappa shape index (κ1) is 10.9. The zero-order valence-electron chi connectivity index (χ0n) is 8.49. The first-order valence-corrected chi connectivity index (χ1v) is 5.51. The van der Waals surface area contributed by atoms with Gasteiger partial charge in [-0.3, -0.25) is 9.69 Å². The number of rotatable bonds is 2. The van der Waals surface area contributed by atoms with Crippen molar-refractivity contribution in [2.45, 2.75) is 6.92 Å². The van der Waals surface area contributed by atoms with E-state index >= 15 is 0 Å². The van der Waals surface area contributed by atoms with E-state index in [1.54, 1.807) is 19.1 Å². The maximum Gasteiger partial charge on any atom is 0.328 e. The second-order valence-electron chi connectivity index (χ2n) is 3.18. The fourth-order valence-corrected chi connectivity index (χ4v) is 1.73. The summed E-state index contributed by atoms with van der Waals surface area (Å²) in [5.74, 6) is 0.175. The number of carbonyl (C=O) groups is 2. The summed E-state index contributed by atoms with van der Waals surface area (Å²) >= 11 is 3.16. The summed E-state index contributed by atoms with van der Waals surface area (Å²) in [6, 6.07) is 3.01. The zero-order valence-corrected chi connectivity index (χ0v) is 10.1. The van der Waals surface area contributed by atoms with Gasteiger partial charge in [-0.25, -0.2) is 4.79 Å². The van der Waals surface area contributed by atoms with Gasteiger partial charge in [0.1, 0.15) is 11.5 Å². The molecule has 0 spiro atoms. The lowest BCUT2D eigenvalue weighted by atomic mass is 10.3. The maximum atomic E-state index is 11.7. The Morgan fingerprint density at radius 2 is 2.25 bits per heavy atom. The van der Waals surface area contributed by atoms with Crippen LogP contribution in [0, 0.1) is 0 Å². The third-order valence-corrected chi connectivity index (χ3v) is 2.59. The molecule has 16 heavy (non-hydrogen) atoms. The summed E-state index contributed by atoms with van der Waals surface area (Å²) in [6.07, 6.45) is 1.50. The van der Waals surface area contributed by atoms with Crippen LogP contribution in [0.3, 0.4) is 0 Å². The van der Waals surface area contributed by atoms with E-state index in [4.69, 9.17) is 4.42 Å². The number of urea groups is 1. The van der Waals surface area contributed by atoms with Crippen LogP contribution in [0.2, 0.25) is 0 Å². The number of nitrogens with one attached hydrogen (secondary N) is 1. The first-order chi connectivity index (χ1) is 7.61. The molecule has 0 saturated carbocycles. The van der Waals surface area contributed by atoms with E-state index in [9.17, 15) is 9.59 Å². The van der Waals surface area contributed by atoms with Crippen LogP contribution in [-0.2, 0) is 4.79 Å². The van der Waals surface area contributed by atoms with Crippen molar-refractivity contribution in [3.8, 4) is 0 Å². The Bertz CT molecular complexity index is 478. The molecule has 2 heterocycles. The number of likely N-dealkylation sites (N-methyl/N-ethyl adjacent to an activating group) is 1. The van der Waals surface area contributed by atoms with Gasteiger partial charge in [0, 0.05) is 12.6 Å². The number of halogens is 1. The van der Waals surface area contributed by atoms with Crippen molar-refractivity contribution in [3.05, 3.63) is 28.3 Å². The molecule has 1 aromatic rings. The molecule has 0 atom stereocenters. The van der Waals surface area contributed by atoms with Gasteiger partial charge in [-0.05, 0) is 35.0 Å². The minimum Gasteiger partial charge on any atom is -0.450 e. The van der Waals surface area contributed by atoms with E-state index in [0.717, 1.165) is 4.90 Å². The van der Waals surface area contributed by atoms with Crippen LogP contribution in [0.15, 0.2) is 26.9 Å². The van der Waals surface area contributed by atoms with E-state index < -0.39 is 6.03 Å². The molecule has 0 unspecified atom stereocenters. The summed E-state index contributed by atoms with van der Waals surface area (Å²) in [6.45, 7) is 2.09. The van der Waals surface area contributed by atoms with Crippen LogP contribution in [0.5, 0.6) is 0 Å². The number of carbonyl (C=O) groups excluding carboxylic acids is 2. The van der Waals surface area contributed by atoms with Crippen molar-refractivity contribution in [1.29, 1.82) is 0 Å². The number of hydrogen-bond acceptors (Lipinski definition) is 3. The zero-order chi connectivity index (χ0) is 11.7. The summed E-state index contributed by atoms with van der Waals surface area (Å²) in [5, 5.41) is 2.49. The smallest absolute Gasteiger partial charge is 0.328 e. The molecular weight excluding hydrogens is 276 g/mol. The predicted octanol–water partition coefficient (Wildman–Crippen LogP) is 1.95. The van der Waals surface area contributed by atoms with Gasteiger partial charge in [0.25, 0.3) is 5.91 Å². The van der Waals surface area contributed by atoms with Crippen LogP contribution in [0.4, 0.5) is 4.79 Å². The van der Waals surface area contributed by atoms with Crippen LogP contribution in [-0.4, -0.2) is 23.4 Å². The SMILES string of the molecule is CCN1C(=O)N/C(=C/c2ccc(Br)o2)C1=O. The van der Waals surface area contributed by atoms with Gasteiger partial charge in [-0.15, -0.1) is 0 Å². The highest BCUT2D eigenvalue weighted by Gasteiger charge is 2.32. The Balaban J connectivity index is 2.27. The molecule has 0 aliphatic carbocycles. The van der Waals surface area contributed by atoms with Crippen molar-refractivity contribution < 1.29 is 14.0 Å². The van der Waals surface area contributed by atoms with Crippen molar-refractivity contribution in [1.82, 2.24) is 10.2 Å². The fourth-order valence-electron chi connectivity index (χ4n) is 1.41. The van der Waals surface area contributed by atoms with Gasteiger partial charge in [-0.2, -0.15) is 0 Å². The topological polar surface area (TPSA) is 62.6 Å². The van der Waals surface area contributed by atoms with Crippen molar-refractivity contribution in [2.24, 2.45) is 0 Å². The minimum absolute atomic E-state index is 0.230. The predicted molar refractivity (Wildman–Crippen MR) is 60.3 cm³/mol. The Labute approximate surface area is 100 Å².